The van der Waals surface area contributed by atoms with Crippen LogP contribution in [0.15, 0.2) is 18.2 Å². The van der Waals surface area contributed by atoms with Gasteiger partial charge in [-0.05, 0) is 44.2 Å². The molecule has 0 saturated heterocycles. The van der Waals surface area contributed by atoms with Gasteiger partial charge in [-0.2, -0.15) is 0 Å². The molecule has 20 heavy (non-hydrogen) atoms. The first kappa shape index (κ1) is 15.7. The molecule has 1 aromatic carbocycles. The van der Waals surface area contributed by atoms with E-state index in [2.05, 4.69) is 25.2 Å². The Bertz CT molecular complexity index is 413. The minimum absolute atomic E-state index is 0.340. The first-order valence-electron chi connectivity index (χ1n) is 7.81. The predicted octanol–water partition coefficient (Wildman–Crippen LogP) is 4.80. The van der Waals surface area contributed by atoms with Crippen LogP contribution < -0.4 is 10.1 Å². The number of benzene rings is 1. The van der Waals surface area contributed by atoms with Gasteiger partial charge >= 0.3 is 0 Å². The summed E-state index contributed by atoms with van der Waals surface area (Å²) in [7, 11) is 0. The maximum absolute atomic E-state index is 6.34. The summed E-state index contributed by atoms with van der Waals surface area (Å²) in [5, 5.41) is 4.20. The molecule has 0 spiro atoms. The molecule has 0 unspecified atom stereocenters. The first-order valence-corrected chi connectivity index (χ1v) is 8.19. The van der Waals surface area contributed by atoms with Gasteiger partial charge in [-0.25, -0.2) is 0 Å². The van der Waals surface area contributed by atoms with Crippen LogP contribution in [0.1, 0.15) is 51.5 Å². The molecule has 0 amide bonds. The van der Waals surface area contributed by atoms with Crippen LogP contribution in [0.4, 0.5) is 0 Å². The van der Waals surface area contributed by atoms with Crippen LogP contribution >= 0.6 is 11.6 Å². The zero-order valence-electron chi connectivity index (χ0n) is 12.6. The fraction of sp³-hybridized carbons (Fsp3) is 0.647. The molecule has 2 nitrogen and oxygen atoms in total. The van der Waals surface area contributed by atoms with Crippen LogP contribution in [-0.2, 0) is 6.54 Å². The lowest BCUT2D eigenvalue weighted by Crippen LogP contribution is -2.22. The average molecular weight is 296 g/mol. The largest absolute Gasteiger partial charge is 0.489 e. The number of para-hydroxylation sites is 1. The zero-order valence-corrected chi connectivity index (χ0v) is 13.4. The van der Waals surface area contributed by atoms with Crippen LogP contribution in [0.2, 0.25) is 5.02 Å². The summed E-state index contributed by atoms with van der Waals surface area (Å²) in [4.78, 5) is 0. The molecular formula is C17H26ClNO. The zero-order chi connectivity index (χ0) is 14.4. The molecule has 0 aromatic heterocycles. The molecule has 1 fully saturated rings. The number of halogens is 1. The van der Waals surface area contributed by atoms with Gasteiger partial charge < -0.3 is 10.1 Å². The van der Waals surface area contributed by atoms with Crippen molar-refractivity contribution in [1.82, 2.24) is 5.32 Å². The van der Waals surface area contributed by atoms with Crippen molar-refractivity contribution in [2.75, 3.05) is 6.54 Å². The van der Waals surface area contributed by atoms with Crippen molar-refractivity contribution in [3.63, 3.8) is 0 Å². The van der Waals surface area contributed by atoms with Gasteiger partial charge in [0.05, 0.1) is 11.1 Å². The van der Waals surface area contributed by atoms with Crippen LogP contribution in [0.25, 0.3) is 0 Å². The summed E-state index contributed by atoms with van der Waals surface area (Å²) in [6, 6.07) is 6.03. The molecule has 0 aliphatic heterocycles. The highest BCUT2D eigenvalue weighted by Gasteiger charge is 2.18. The van der Waals surface area contributed by atoms with Gasteiger partial charge in [0, 0.05) is 12.1 Å². The third-order valence-electron chi connectivity index (χ3n) is 3.75. The third kappa shape index (κ3) is 4.68. The summed E-state index contributed by atoms with van der Waals surface area (Å²) in [5.74, 6) is 1.54. The van der Waals surface area contributed by atoms with E-state index in [-0.39, 0.29) is 0 Å². The molecule has 2 rings (SSSR count). The Morgan fingerprint density at radius 2 is 2.00 bits per heavy atom. The quantitative estimate of drug-likeness (QED) is 0.814. The molecule has 112 valence electrons. The number of ether oxygens (including phenoxy) is 1. The molecule has 1 aliphatic rings. The SMILES string of the molecule is CC(C)CNCc1cccc(Cl)c1OC1CCCCC1. The Morgan fingerprint density at radius 1 is 1.25 bits per heavy atom. The molecule has 1 aromatic rings. The Kier molecular flexibility index (Phi) is 6.18. The van der Waals surface area contributed by atoms with E-state index in [9.17, 15) is 0 Å². The number of nitrogens with one attached hydrogen (secondary N) is 1. The average Bonchev–Trinajstić information content (AvgIpc) is 2.43. The normalized spacial score (nSPS) is 16.6. The highest BCUT2D eigenvalue weighted by Crippen LogP contribution is 2.32. The number of hydrogen-bond donors (Lipinski definition) is 1. The second kappa shape index (κ2) is 7.90. The topological polar surface area (TPSA) is 21.3 Å². The second-order valence-electron chi connectivity index (χ2n) is 6.13. The van der Waals surface area contributed by atoms with Gasteiger partial charge in [0.2, 0.25) is 0 Å². The van der Waals surface area contributed by atoms with E-state index in [1.165, 1.54) is 24.8 Å². The smallest absolute Gasteiger partial charge is 0.142 e. The van der Waals surface area contributed by atoms with E-state index in [0.717, 1.165) is 36.7 Å². The molecule has 0 radical (unpaired) electrons. The van der Waals surface area contributed by atoms with Gasteiger partial charge in [0.25, 0.3) is 0 Å². The van der Waals surface area contributed by atoms with Gasteiger partial charge in [-0.1, -0.05) is 44.0 Å². The second-order valence-corrected chi connectivity index (χ2v) is 6.54. The molecule has 0 atom stereocenters. The summed E-state index contributed by atoms with van der Waals surface area (Å²) in [6.07, 6.45) is 6.54. The molecule has 1 N–H and O–H groups in total. The van der Waals surface area contributed by atoms with Crippen molar-refractivity contribution in [1.29, 1.82) is 0 Å². The van der Waals surface area contributed by atoms with Crippen LogP contribution in [0.5, 0.6) is 5.75 Å². The summed E-state index contributed by atoms with van der Waals surface area (Å²) in [6.45, 7) is 6.25. The molecule has 1 aliphatic carbocycles. The van der Waals surface area contributed by atoms with Gasteiger partial charge in [-0.15, -0.1) is 0 Å². The summed E-state index contributed by atoms with van der Waals surface area (Å²) < 4.78 is 6.20. The van der Waals surface area contributed by atoms with Crippen molar-refractivity contribution >= 4 is 11.6 Å². The Morgan fingerprint density at radius 3 is 2.70 bits per heavy atom. The van der Waals surface area contributed by atoms with Gasteiger partial charge in [-0.3, -0.25) is 0 Å². The van der Waals surface area contributed by atoms with Crippen molar-refractivity contribution in [2.24, 2.45) is 5.92 Å². The Balaban J connectivity index is 2.01. The maximum Gasteiger partial charge on any atom is 0.142 e. The Labute approximate surface area is 127 Å². The highest BCUT2D eigenvalue weighted by atomic mass is 35.5. The number of rotatable bonds is 6. The summed E-state index contributed by atoms with van der Waals surface area (Å²) >= 11 is 6.34. The van der Waals surface area contributed by atoms with Crippen molar-refractivity contribution in [3.8, 4) is 5.75 Å². The lowest BCUT2D eigenvalue weighted by atomic mass is 9.97. The van der Waals surface area contributed by atoms with E-state index in [1.807, 2.05) is 12.1 Å². The van der Waals surface area contributed by atoms with E-state index in [0.29, 0.717) is 12.0 Å². The van der Waals surface area contributed by atoms with Gasteiger partial charge in [0.15, 0.2) is 0 Å². The first-order chi connectivity index (χ1) is 9.66. The van der Waals surface area contributed by atoms with Crippen LogP contribution in [0, 0.1) is 5.92 Å². The monoisotopic (exact) mass is 295 g/mol. The predicted molar refractivity (Wildman–Crippen MR) is 85.5 cm³/mol. The van der Waals surface area contributed by atoms with E-state index in [1.54, 1.807) is 0 Å². The molecule has 0 bridgehead atoms. The maximum atomic E-state index is 6.34. The van der Waals surface area contributed by atoms with E-state index < -0.39 is 0 Å². The van der Waals surface area contributed by atoms with E-state index >= 15 is 0 Å². The van der Waals surface area contributed by atoms with E-state index in [4.69, 9.17) is 16.3 Å². The Hall–Kier alpha value is -0.730. The van der Waals surface area contributed by atoms with Gasteiger partial charge in [0.1, 0.15) is 5.75 Å². The van der Waals surface area contributed by atoms with Crippen LogP contribution in [0.3, 0.4) is 0 Å². The fourth-order valence-electron chi connectivity index (χ4n) is 2.67. The highest BCUT2D eigenvalue weighted by molar-refractivity contribution is 6.32. The lowest BCUT2D eigenvalue weighted by molar-refractivity contribution is 0.153. The standard InChI is InChI=1S/C17H26ClNO/c1-13(2)11-19-12-14-7-6-10-16(18)17(14)20-15-8-4-3-5-9-15/h6-7,10,13,15,19H,3-5,8-9,11-12H2,1-2H3. The summed E-state index contributed by atoms with van der Waals surface area (Å²) in [5.41, 5.74) is 1.17. The minimum atomic E-state index is 0.340. The molecular weight excluding hydrogens is 270 g/mol. The fourth-order valence-corrected chi connectivity index (χ4v) is 2.91. The molecule has 3 heteroatoms. The third-order valence-corrected chi connectivity index (χ3v) is 4.05. The van der Waals surface area contributed by atoms with Crippen molar-refractivity contribution < 1.29 is 4.74 Å². The lowest BCUT2D eigenvalue weighted by Gasteiger charge is -2.25. The molecule has 0 heterocycles. The van der Waals surface area contributed by atoms with Crippen molar-refractivity contribution in [3.05, 3.63) is 28.8 Å². The van der Waals surface area contributed by atoms with Crippen molar-refractivity contribution in [2.45, 2.75) is 58.6 Å². The van der Waals surface area contributed by atoms with Crippen LogP contribution in [-0.4, -0.2) is 12.6 Å². The molecule has 1 saturated carbocycles. The number of hydrogen-bond acceptors (Lipinski definition) is 2. The minimum Gasteiger partial charge on any atom is -0.489 e.